The van der Waals surface area contributed by atoms with Gasteiger partial charge in [0, 0.05) is 35.5 Å². The molecule has 2 heterocycles. The first-order valence-electron chi connectivity index (χ1n) is 7.45. The summed E-state index contributed by atoms with van der Waals surface area (Å²) >= 11 is 0. The molecule has 1 aromatic carbocycles. The fourth-order valence-electron chi connectivity index (χ4n) is 2.53. The third-order valence-electron chi connectivity index (χ3n) is 3.73. The Morgan fingerprint density at radius 2 is 2.09 bits per heavy atom. The molecular weight excluding hydrogens is 274 g/mol. The molecular formula is C18H19N3O. The molecule has 0 saturated heterocycles. The van der Waals surface area contributed by atoms with Crippen LogP contribution < -0.4 is 5.32 Å². The molecule has 0 aliphatic carbocycles. The standard InChI is InChI=1S/C18H19N3O/c1-13-6-7-14(11-20-13)10-18(22)19-9-8-15-12-21-17-5-3-2-4-16(15)17/h2-7,11-12,21H,8-10H2,1H3,(H,19,22). The average molecular weight is 293 g/mol. The zero-order valence-corrected chi connectivity index (χ0v) is 12.6. The second kappa shape index (κ2) is 6.43. The van der Waals surface area contributed by atoms with Gasteiger partial charge in [-0.05, 0) is 36.6 Å². The van der Waals surface area contributed by atoms with Crippen LogP contribution in [0.2, 0.25) is 0 Å². The lowest BCUT2D eigenvalue weighted by Crippen LogP contribution is -2.27. The monoisotopic (exact) mass is 293 g/mol. The Kier molecular flexibility index (Phi) is 4.19. The maximum absolute atomic E-state index is 11.9. The van der Waals surface area contributed by atoms with Gasteiger partial charge in [-0.15, -0.1) is 0 Å². The number of amides is 1. The molecule has 0 unspecified atom stereocenters. The van der Waals surface area contributed by atoms with Gasteiger partial charge >= 0.3 is 0 Å². The van der Waals surface area contributed by atoms with Crippen molar-refractivity contribution in [1.29, 1.82) is 0 Å². The number of aryl methyl sites for hydroxylation is 1. The molecule has 4 heteroatoms. The van der Waals surface area contributed by atoms with E-state index in [1.54, 1.807) is 6.20 Å². The number of carbonyl (C=O) groups is 1. The van der Waals surface area contributed by atoms with Crippen LogP contribution in [0.25, 0.3) is 10.9 Å². The van der Waals surface area contributed by atoms with Crippen molar-refractivity contribution < 1.29 is 4.79 Å². The predicted molar refractivity (Wildman–Crippen MR) is 87.7 cm³/mol. The van der Waals surface area contributed by atoms with Crippen molar-refractivity contribution in [2.45, 2.75) is 19.8 Å². The SMILES string of the molecule is Cc1ccc(CC(=O)NCCc2c[nH]c3ccccc23)cn1. The van der Waals surface area contributed by atoms with E-state index < -0.39 is 0 Å². The van der Waals surface area contributed by atoms with Gasteiger partial charge in [0.2, 0.25) is 5.91 Å². The largest absolute Gasteiger partial charge is 0.361 e. The lowest BCUT2D eigenvalue weighted by molar-refractivity contribution is -0.120. The van der Waals surface area contributed by atoms with Crippen LogP contribution in [-0.2, 0) is 17.6 Å². The summed E-state index contributed by atoms with van der Waals surface area (Å²) in [4.78, 5) is 19.4. The van der Waals surface area contributed by atoms with E-state index in [9.17, 15) is 4.79 Å². The summed E-state index contributed by atoms with van der Waals surface area (Å²) < 4.78 is 0. The highest BCUT2D eigenvalue weighted by Gasteiger charge is 2.05. The molecule has 1 amide bonds. The first-order chi connectivity index (χ1) is 10.7. The van der Waals surface area contributed by atoms with E-state index >= 15 is 0 Å². The smallest absolute Gasteiger partial charge is 0.224 e. The summed E-state index contributed by atoms with van der Waals surface area (Å²) in [6.45, 7) is 2.57. The number of nitrogens with zero attached hydrogens (tertiary/aromatic N) is 1. The van der Waals surface area contributed by atoms with E-state index in [-0.39, 0.29) is 5.91 Å². The average Bonchev–Trinajstić information content (AvgIpc) is 2.93. The van der Waals surface area contributed by atoms with Crippen LogP contribution in [-0.4, -0.2) is 22.4 Å². The van der Waals surface area contributed by atoms with Crippen LogP contribution in [0.15, 0.2) is 48.8 Å². The number of hydrogen-bond acceptors (Lipinski definition) is 2. The molecule has 2 N–H and O–H groups in total. The molecule has 0 bridgehead atoms. The van der Waals surface area contributed by atoms with Crippen molar-refractivity contribution in [3.05, 3.63) is 65.6 Å². The Labute approximate surface area is 129 Å². The van der Waals surface area contributed by atoms with Crippen molar-refractivity contribution in [2.24, 2.45) is 0 Å². The Morgan fingerprint density at radius 1 is 1.23 bits per heavy atom. The van der Waals surface area contributed by atoms with Gasteiger partial charge in [0.15, 0.2) is 0 Å². The number of para-hydroxylation sites is 1. The summed E-state index contributed by atoms with van der Waals surface area (Å²) in [6.07, 6.45) is 4.97. The van der Waals surface area contributed by atoms with Crippen molar-refractivity contribution in [3.63, 3.8) is 0 Å². The number of nitrogens with one attached hydrogen (secondary N) is 2. The maximum Gasteiger partial charge on any atom is 0.224 e. The van der Waals surface area contributed by atoms with E-state index in [0.717, 1.165) is 23.2 Å². The Hall–Kier alpha value is -2.62. The highest BCUT2D eigenvalue weighted by Crippen LogP contribution is 2.17. The molecule has 0 radical (unpaired) electrons. The lowest BCUT2D eigenvalue weighted by atomic mass is 10.1. The molecule has 2 aromatic heterocycles. The third-order valence-corrected chi connectivity index (χ3v) is 3.73. The van der Waals surface area contributed by atoms with Gasteiger partial charge in [-0.3, -0.25) is 9.78 Å². The zero-order chi connectivity index (χ0) is 15.4. The van der Waals surface area contributed by atoms with Gasteiger partial charge in [0.1, 0.15) is 0 Å². The number of aromatic amines is 1. The molecule has 3 rings (SSSR count). The normalized spacial score (nSPS) is 10.8. The molecule has 0 aliphatic heterocycles. The maximum atomic E-state index is 11.9. The van der Waals surface area contributed by atoms with E-state index in [1.165, 1.54) is 10.9 Å². The molecule has 0 spiro atoms. The second-order valence-electron chi connectivity index (χ2n) is 5.44. The number of benzene rings is 1. The first-order valence-corrected chi connectivity index (χ1v) is 7.45. The summed E-state index contributed by atoms with van der Waals surface area (Å²) in [7, 11) is 0. The fraction of sp³-hybridized carbons (Fsp3) is 0.222. The van der Waals surface area contributed by atoms with Gasteiger partial charge in [-0.1, -0.05) is 24.3 Å². The van der Waals surface area contributed by atoms with Gasteiger partial charge in [-0.25, -0.2) is 0 Å². The van der Waals surface area contributed by atoms with Gasteiger partial charge < -0.3 is 10.3 Å². The molecule has 0 fully saturated rings. The summed E-state index contributed by atoms with van der Waals surface area (Å²) in [5.41, 5.74) is 4.26. The number of hydrogen-bond donors (Lipinski definition) is 2. The second-order valence-corrected chi connectivity index (χ2v) is 5.44. The molecule has 3 aromatic rings. The minimum absolute atomic E-state index is 0.0329. The number of carbonyl (C=O) groups excluding carboxylic acids is 1. The van der Waals surface area contributed by atoms with Gasteiger partial charge in [0.05, 0.1) is 6.42 Å². The molecule has 112 valence electrons. The number of fused-ring (bicyclic) bond motifs is 1. The number of pyridine rings is 1. The van der Waals surface area contributed by atoms with Crippen molar-refractivity contribution in [1.82, 2.24) is 15.3 Å². The number of aromatic nitrogens is 2. The molecule has 22 heavy (non-hydrogen) atoms. The Balaban J connectivity index is 1.52. The summed E-state index contributed by atoms with van der Waals surface area (Å²) in [6, 6.07) is 12.1. The summed E-state index contributed by atoms with van der Waals surface area (Å²) in [5, 5.41) is 4.19. The number of rotatable bonds is 5. The molecule has 0 aliphatic rings. The quantitative estimate of drug-likeness (QED) is 0.760. The van der Waals surface area contributed by atoms with Crippen molar-refractivity contribution >= 4 is 16.8 Å². The van der Waals surface area contributed by atoms with E-state index in [4.69, 9.17) is 0 Å². The lowest BCUT2D eigenvalue weighted by Gasteiger charge is -2.05. The van der Waals surface area contributed by atoms with Gasteiger partial charge in [0.25, 0.3) is 0 Å². The van der Waals surface area contributed by atoms with Crippen molar-refractivity contribution in [3.8, 4) is 0 Å². The Bertz CT molecular complexity index is 774. The van der Waals surface area contributed by atoms with E-state index in [0.29, 0.717) is 13.0 Å². The highest BCUT2D eigenvalue weighted by molar-refractivity contribution is 5.83. The summed E-state index contributed by atoms with van der Waals surface area (Å²) in [5.74, 6) is 0.0329. The van der Waals surface area contributed by atoms with E-state index in [1.807, 2.05) is 37.4 Å². The molecule has 0 saturated carbocycles. The number of H-pyrrole nitrogens is 1. The fourth-order valence-corrected chi connectivity index (χ4v) is 2.53. The third kappa shape index (κ3) is 3.34. The van der Waals surface area contributed by atoms with Crippen LogP contribution in [0.4, 0.5) is 0 Å². The first kappa shape index (κ1) is 14.3. The minimum Gasteiger partial charge on any atom is -0.361 e. The zero-order valence-electron chi connectivity index (χ0n) is 12.6. The molecule has 0 atom stereocenters. The minimum atomic E-state index is 0.0329. The highest BCUT2D eigenvalue weighted by atomic mass is 16.1. The van der Waals surface area contributed by atoms with Crippen LogP contribution in [0, 0.1) is 6.92 Å². The van der Waals surface area contributed by atoms with E-state index in [2.05, 4.69) is 27.4 Å². The molecule has 4 nitrogen and oxygen atoms in total. The predicted octanol–water partition coefficient (Wildman–Crippen LogP) is 2.77. The topological polar surface area (TPSA) is 57.8 Å². The Morgan fingerprint density at radius 3 is 2.91 bits per heavy atom. The van der Waals surface area contributed by atoms with Crippen LogP contribution in [0.5, 0.6) is 0 Å². The van der Waals surface area contributed by atoms with Crippen molar-refractivity contribution in [2.75, 3.05) is 6.54 Å². The van der Waals surface area contributed by atoms with Crippen LogP contribution in [0.1, 0.15) is 16.8 Å². The van der Waals surface area contributed by atoms with Crippen LogP contribution in [0.3, 0.4) is 0 Å². The van der Waals surface area contributed by atoms with Crippen LogP contribution >= 0.6 is 0 Å². The van der Waals surface area contributed by atoms with Gasteiger partial charge in [-0.2, -0.15) is 0 Å².